The Labute approximate surface area is 226 Å². The summed E-state index contributed by atoms with van der Waals surface area (Å²) in [6.45, 7) is 0. The van der Waals surface area contributed by atoms with Crippen LogP contribution in [0.1, 0.15) is 37.3 Å². The van der Waals surface area contributed by atoms with Gasteiger partial charge in [0.1, 0.15) is 17.9 Å². The SMILES string of the molecule is O=C(NC1CC(F)(F)C1)[C@H](c1ccccc1Cl)N(C(=O)[C@@H]1CCC(=O)N1c1ncccn1)c1cccc(F)c1. The van der Waals surface area contributed by atoms with Crippen LogP contribution >= 0.6 is 11.6 Å². The fraction of sp³-hybridized carbons (Fsp3) is 0.296. The summed E-state index contributed by atoms with van der Waals surface area (Å²) >= 11 is 6.47. The molecule has 1 aliphatic heterocycles. The molecule has 39 heavy (non-hydrogen) atoms. The molecule has 2 fully saturated rings. The number of benzene rings is 2. The Bertz CT molecular complexity index is 1400. The first kappa shape index (κ1) is 26.6. The van der Waals surface area contributed by atoms with E-state index >= 15 is 0 Å². The second kappa shape index (κ2) is 10.6. The largest absolute Gasteiger partial charge is 0.351 e. The first-order chi connectivity index (χ1) is 18.6. The average molecular weight is 558 g/mol. The van der Waals surface area contributed by atoms with Gasteiger partial charge in [0.15, 0.2) is 0 Å². The van der Waals surface area contributed by atoms with Crippen LogP contribution in [0.2, 0.25) is 5.02 Å². The van der Waals surface area contributed by atoms with Gasteiger partial charge in [0.2, 0.25) is 17.8 Å². The number of anilines is 2. The number of hydrogen-bond acceptors (Lipinski definition) is 5. The molecular formula is C27H23ClF3N5O3. The summed E-state index contributed by atoms with van der Waals surface area (Å²) in [6, 6.07) is 9.51. The van der Waals surface area contributed by atoms with Gasteiger partial charge in [-0.2, -0.15) is 0 Å². The molecule has 1 N–H and O–H groups in total. The fourth-order valence-electron chi connectivity index (χ4n) is 4.91. The Morgan fingerprint density at radius 2 is 1.79 bits per heavy atom. The van der Waals surface area contributed by atoms with Gasteiger partial charge in [-0.15, -0.1) is 0 Å². The topological polar surface area (TPSA) is 95.5 Å². The summed E-state index contributed by atoms with van der Waals surface area (Å²) in [5.74, 6) is -5.43. The Hall–Kier alpha value is -3.99. The van der Waals surface area contributed by atoms with E-state index in [1.807, 2.05) is 0 Å². The third kappa shape index (κ3) is 5.44. The molecule has 12 heteroatoms. The zero-order valence-electron chi connectivity index (χ0n) is 20.4. The van der Waals surface area contributed by atoms with Crippen molar-refractivity contribution in [3.8, 4) is 0 Å². The number of rotatable bonds is 7. The molecule has 5 rings (SSSR count). The Balaban J connectivity index is 1.60. The van der Waals surface area contributed by atoms with Crippen molar-refractivity contribution in [1.82, 2.24) is 15.3 Å². The first-order valence-corrected chi connectivity index (χ1v) is 12.6. The molecule has 2 aliphatic rings. The predicted octanol–water partition coefficient (Wildman–Crippen LogP) is 4.45. The summed E-state index contributed by atoms with van der Waals surface area (Å²) in [6.07, 6.45) is 1.87. The lowest BCUT2D eigenvalue weighted by atomic mass is 9.87. The van der Waals surface area contributed by atoms with Crippen LogP contribution < -0.4 is 15.1 Å². The van der Waals surface area contributed by atoms with E-state index in [0.29, 0.717) is 0 Å². The Kier molecular flexibility index (Phi) is 7.26. The van der Waals surface area contributed by atoms with E-state index in [-0.39, 0.29) is 35.1 Å². The highest BCUT2D eigenvalue weighted by molar-refractivity contribution is 6.31. The highest BCUT2D eigenvalue weighted by atomic mass is 35.5. The van der Waals surface area contributed by atoms with E-state index in [9.17, 15) is 27.6 Å². The van der Waals surface area contributed by atoms with Crippen LogP contribution in [-0.2, 0) is 14.4 Å². The minimum atomic E-state index is -2.89. The van der Waals surface area contributed by atoms with E-state index in [4.69, 9.17) is 11.6 Å². The fourth-order valence-corrected chi connectivity index (χ4v) is 5.15. The summed E-state index contributed by atoms with van der Waals surface area (Å²) in [5, 5.41) is 2.73. The van der Waals surface area contributed by atoms with Crippen LogP contribution in [0.25, 0.3) is 0 Å². The van der Waals surface area contributed by atoms with Crippen molar-refractivity contribution >= 4 is 41.0 Å². The van der Waals surface area contributed by atoms with Crippen molar-refractivity contribution in [2.45, 2.75) is 49.7 Å². The standard InChI is InChI=1S/C27H23ClF3N5O3/c28-20-8-2-1-7-19(20)23(24(38)34-17-14-27(30,31)15-17)35(18-6-3-5-16(29)13-18)25(39)21-9-10-22(37)36(21)26-32-11-4-12-33-26/h1-8,11-13,17,21,23H,9-10,14-15H2,(H,34,38)/t21-,23-/m0/s1. The van der Waals surface area contributed by atoms with Crippen LogP contribution in [0.4, 0.5) is 24.8 Å². The third-order valence-electron chi connectivity index (χ3n) is 6.73. The Morgan fingerprint density at radius 3 is 2.46 bits per heavy atom. The van der Waals surface area contributed by atoms with Gasteiger partial charge in [-0.1, -0.05) is 35.9 Å². The molecule has 1 saturated heterocycles. The average Bonchev–Trinajstić information content (AvgIpc) is 3.28. The maximum Gasteiger partial charge on any atom is 0.252 e. The van der Waals surface area contributed by atoms with Gasteiger partial charge in [0.25, 0.3) is 11.8 Å². The lowest BCUT2D eigenvalue weighted by Crippen LogP contribution is -2.56. The molecule has 0 radical (unpaired) electrons. The van der Waals surface area contributed by atoms with Gasteiger partial charge in [-0.3, -0.25) is 24.2 Å². The molecular weight excluding hydrogens is 535 g/mol. The molecule has 8 nitrogen and oxygen atoms in total. The van der Waals surface area contributed by atoms with E-state index in [1.165, 1.54) is 42.7 Å². The monoisotopic (exact) mass is 557 g/mol. The van der Waals surface area contributed by atoms with Crippen molar-refractivity contribution in [1.29, 1.82) is 0 Å². The van der Waals surface area contributed by atoms with Gasteiger partial charge in [-0.25, -0.2) is 23.1 Å². The zero-order chi connectivity index (χ0) is 27.7. The van der Waals surface area contributed by atoms with Crippen LogP contribution in [-0.4, -0.2) is 45.7 Å². The maximum absolute atomic E-state index is 14.4. The second-order valence-corrected chi connectivity index (χ2v) is 9.86. The van der Waals surface area contributed by atoms with Crippen molar-refractivity contribution < 1.29 is 27.6 Å². The lowest BCUT2D eigenvalue weighted by Gasteiger charge is -2.39. The number of hydrogen-bond donors (Lipinski definition) is 1. The lowest BCUT2D eigenvalue weighted by molar-refractivity contribution is -0.133. The molecule has 2 atom stereocenters. The molecule has 1 aromatic heterocycles. The van der Waals surface area contributed by atoms with Crippen LogP contribution in [0.15, 0.2) is 67.0 Å². The second-order valence-electron chi connectivity index (χ2n) is 9.45. The molecule has 2 aromatic carbocycles. The van der Waals surface area contributed by atoms with Gasteiger partial charge in [0.05, 0.1) is 0 Å². The van der Waals surface area contributed by atoms with Gasteiger partial charge in [-0.05, 0) is 36.8 Å². The number of alkyl halides is 2. The minimum absolute atomic E-state index is 0.00740. The molecule has 0 bridgehead atoms. The normalized spacial score (nSPS) is 19.3. The smallest absolute Gasteiger partial charge is 0.252 e. The summed E-state index contributed by atoms with van der Waals surface area (Å²) in [7, 11) is 0. The summed E-state index contributed by atoms with van der Waals surface area (Å²) < 4.78 is 41.5. The molecule has 0 unspecified atom stereocenters. The molecule has 1 aliphatic carbocycles. The number of halogens is 4. The number of carbonyl (C=O) groups excluding carboxylic acids is 3. The molecule has 2 heterocycles. The summed E-state index contributed by atoms with van der Waals surface area (Å²) in [4.78, 5) is 51.3. The maximum atomic E-state index is 14.4. The van der Waals surface area contributed by atoms with E-state index in [2.05, 4.69) is 15.3 Å². The molecule has 1 saturated carbocycles. The molecule has 202 valence electrons. The van der Waals surface area contributed by atoms with Crippen LogP contribution in [0.5, 0.6) is 0 Å². The molecule has 0 spiro atoms. The van der Waals surface area contributed by atoms with Gasteiger partial charge in [0, 0.05) is 54.0 Å². The van der Waals surface area contributed by atoms with E-state index in [0.717, 1.165) is 15.9 Å². The van der Waals surface area contributed by atoms with E-state index < -0.39 is 60.4 Å². The van der Waals surface area contributed by atoms with Gasteiger partial charge < -0.3 is 5.32 Å². The van der Waals surface area contributed by atoms with Gasteiger partial charge >= 0.3 is 0 Å². The van der Waals surface area contributed by atoms with Crippen molar-refractivity contribution in [3.63, 3.8) is 0 Å². The number of amides is 3. The van der Waals surface area contributed by atoms with Crippen molar-refractivity contribution in [2.75, 3.05) is 9.80 Å². The highest BCUT2D eigenvalue weighted by Gasteiger charge is 2.48. The predicted molar refractivity (Wildman–Crippen MR) is 137 cm³/mol. The van der Waals surface area contributed by atoms with Crippen LogP contribution in [0, 0.1) is 5.82 Å². The number of aromatic nitrogens is 2. The van der Waals surface area contributed by atoms with Crippen molar-refractivity contribution in [3.05, 3.63) is 83.4 Å². The minimum Gasteiger partial charge on any atom is -0.351 e. The summed E-state index contributed by atoms with van der Waals surface area (Å²) in [5.41, 5.74) is 0.222. The molecule has 3 aromatic rings. The van der Waals surface area contributed by atoms with Crippen molar-refractivity contribution in [2.24, 2.45) is 0 Å². The molecule has 3 amide bonds. The zero-order valence-corrected chi connectivity index (χ0v) is 21.2. The van der Waals surface area contributed by atoms with Crippen LogP contribution in [0.3, 0.4) is 0 Å². The highest BCUT2D eigenvalue weighted by Crippen LogP contribution is 2.39. The Morgan fingerprint density at radius 1 is 1.08 bits per heavy atom. The first-order valence-electron chi connectivity index (χ1n) is 12.2. The number of nitrogens with zero attached hydrogens (tertiary/aromatic N) is 4. The van der Waals surface area contributed by atoms with E-state index in [1.54, 1.807) is 18.2 Å². The quantitative estimate of drug-likeness (QED) is 0.463. The number of nitrogens with one attached hydrogen (secondary N) is 1. The number of carbonyl (C=O) groups is 3. The third-order valence-corrected chi connectivity index (χ3v) is 7.08.